The Labute approximate surface area is 106 Å². The fourth-order valence-corrected chi connectivity index (χ4v) is 5.07. The first-order valence-electron chi connectivity index (χ1n) is 6.84. The fourth-order valence-electron chi connectivity index (χ4n) is 5.07. The SMILES string of the molecule is CC12C[NH+]3CC[NH+](CC(C3)[C@]13NC(=O)NC3=O)C2. The molecule has 5 aliphatic rings. The molecule has 6 nitrogen and oxygen atoms in total. The third-order valence-electron chi connectivity index (χ3n) is 5.64. The third-order valence-corrected chi connectivity index (χ3v) is 5.64. The Kier molecular flexibility index (Phi) is 1.82. The van der Waals surface area contributed by atoms with Crippen molar-refractivity contribution < 1.29 is 19.4 Å². The van der Waals surface area contributed by atoms with E-state index >= 15 is 0 Å². The molecule has 0 saturated carbocycles. The normalized spacial score (nSPS) is 53.5. The molecule has 5 rings (SSSR count). The Balaban J connectivity index is 1.85. The average molecular weight is 252 g/mol. The molecule has 5 fully saturated rings. The molecule has 5 heterocycles. The number of carbonyl (C=O) groups excluding carboxylic acids is 2. The number of rotatable bonds is 0. The molecule has 0 aromatic carbocycles. The summed E-state index contributed by atoms with van der Waals surface area (Å²) in [5.74, 6) is 0.198. The van der Waals surface area contributed by atoms with Gasteiger partial charge in [-0.25, -0.2) is 4.79 Å². The van der Waals surface area contributed by atoms with Crippen molar-refractivity contribution in [1.29, 1.82) is 0 Å². The van der Waals surface area contributed by atoms with Crippen molar-refractivity contribution in [1.82, 2.24) is 10.6 Å². The zero-order chi connectivity index (χ0) is 12.5. The number of hydrogen-bond acceptors (Lipinski definition) is 2. The van der Waals surface area contributed by atoms with Crippen molar-refractivity contribution in [3.05, 3.63) is 0 Å². The molecule has 3 atom stereocenters. The summed E-state index contributed by atoms with van der Waals surface area (Å²) in [5, 5.41) is 5.48. The molecule has 18 heavy (non-hydrogen) atoms. The summed E-state index contributed by atoms with van der Waals surface area (Å²) in [6.07, 6.45) is 0. The van der Waals surface area contributed by atoms with Crippen molar-refractivity contribution in [2.75, 3.05) is 39.3 Å². The van der Waals surface area contributed by atoms with Gasteiger partial charge in [0.2, 0.25) is 0 Å². The van der Waals surface area contributed by atoms with Crippen molar-refractivity contribution in [3.63, 3.8) is 0 Å². The molecule has 6 heteroatoms. The van der Waals surface area contributed by atoms with Crippen LogP contribution in [0.25, 0.3) is 0 Å². The van der Waals surface area contributed by atoms with Gasteiger partial charge in [-0.2, -0.15) is 0 Å². The van der Waals surface area contributed by atoms with Gasteiger partial charge in [-0.15, -0.1) is 0 Å². The maximum Gasteiger partial charge on any atom is 0.322 e. The second-order valence-corrected chi connectivity index (χ2v) is 6.74. The number of quaternary nitrogens is 2. The average Bonchev–Trinajstić information content (AvgIpc) is 2.44. The Morgan fingerprint density at radius 2 is 1.78 bits per heavy atom. The van der Waals surface area contributed by atoms with E-state index in [-0.39, 0.29) is 23.3 Å². The molecule has 2 unspecified atom stereocenters. The quantitative estimate of drug-likeness (QED) is 0.332. The summed E-state index contributed by atoms with van der Waals surface area (Å²) >= 11 is 0. The third kappa shape index (κ3) is 1.06. The van der Waals surface area contributed by atoms with Crippen LogP contribution >= 0.6 is 0 Å². The van der Waals surface area contributed by atoms with Gasteiger partial charge in [0.1, 0.15) is 13.1 Å². The zero-order valence-corrected chi connectivity index (χ0v) is 10.6. The van der Waals surface area contributed by atoms with Gasteiger partial charge in [-0.3, -0.25) is 10.1 Å². The summed E-state index contributed by atoms with van der Waals surface area (Å²) in [4.78, 5) is 27.2. The lowest BCUT2D eigenvalue weighted by molar-refractivity contribution is -0.918. The predicted octanol–water partition coefficient (Wildman–Crippen LogP) is -4.00. The molecule has 4 N–H and O–H groups in total. The number of urea groups is 1. The Morgan fingerprint density at radius 3 is 2.22 bits per heavy atom. The van der Waals surface area contributed by atoms with Crippen LogP contribution in [0.15, 0.2) is 0 Å². The number of imide groups is 1. The smallest absolute Gasteiger partial charge is 0.322 e. The standard InChI is InChI=1S/C12H18N4O2/c1-11-6-15-2-3-16(7-11)5-8(4-15)12(11)9(17)13-10(18)14-12/h8H,2-7H2,1H3,(H2,13,14,17,18)/p+2/t8?,11?,12-/m1/s1. The van der Waals surface area contributed by atoms with Crippen molar-refractivity contribution in [2.24, 2.45) is 11.3 Å². The summed E-state index contributed by atoms with van der Waals surface area (Å²) < 4.78 is 0. The van der Waals surface area contributed by atoms with E-state index in [1.807, 2.05) is 0 Å². The predicted molar refractivity (Wildman–Crippen MR) is 62.1 cm³/mol. The molecule has 0 aromatic heterocycles. The van der Waals surface area contributed by atoms with Gasteiger partial charge in [0.05, 0.1) is 37.5 Å². The molecule has 1 spiro atoms. The van der Waals surface area contributed by atoms with Crippen LogP contribution in [0.1, 0.15) is 6.92 Å². The van der Waals surface area contributed by atoms with E-state index in [1.165, 1.54) is 13.1 Å². The highest BCUT2D eigenvalue weighted by atomic mass is 16.2. The molecule has 98 valence electrons. The van der Waals surface area contributed by atoms with Crippen LogP contribution in [0.5, 0.6) is 0 Å². The minimum absolute atomic E-state index is 0.0833. The molecule has 5 aliphatic heterocycles. The number of hydrogen-bond donors (Lipinski definition) is 4. The first-order valence-corrected chi connectivity index (χ1v) is 6.84. The summed E-state index contributed by atoms with van der Waals surface area (Å²) in [6.45, 7) is 8.63. The highest BCUT2D eigenvalue weighted by molar-refractivity contribution is 6.08. The lowest BCUT2D eigenvalue weighted by Crippen LogP contribution is -3.19. The summed E-state index contributed by atoms with van der Waals surface area (Å²) in [5.41, 5.74) is -0.743. The Hall–Kier alpha value is -1.14. The molecule has 4 bridgehead atoms. The number of carbonyl (C=O) groups is 2. The first-order chi connectivity index (χ1) is 8.53. The number of fused-ring (bicyclic) bond motifs is 1. The lowest BCUT2D eigenvalue weighted by Gasteiger charge is -2.54. The zero-order valence-electron chi connectivity index (χ0n) is 10.6. The maximum absolute atomic E-state index is 12.4. The van der Waals surface area contributed by atoms with E-state index in [9.17, 15) is 9.59 Å². The Morgan fingerprint density at radius 1 is 1.17 bits per heavy atom. The van der Waals surface area contributed by atoms with Gasteiger partial charge in [0.15, 0.2) is 5.54 Å². The van der Waals surface area contributed by atoms with Gasteiger partial charge in [-0.05, 0) is 6.92 Å². The number of nitrogens with one attached hydrogen (secondary N) is 4. The van der Waals surface area contributed by atoms with Gasteiger partial charge in [0.25, 0.3) is 5.91 Å². The van der Waals surface area contributed by atoms with E-state index in [4.69, 9.17) is 0 Å². The van der Waals surface area contributed by atoms with Crippen molar-refractivity contribution in [3.8, 4) is 0 Å². The molecule has 3 amide bonds. The monoisotopic (exact) mass is 252 g/mol. The maximum atomic E-state index is 12.4. The summed E-state index contributed by atoms with van der Waals surface area (Å²) in [7, 11) is 0. The molecule has 5 saturated heterocycles. The van der Waals surface area contributed by atoms with Crippen LogP contribution in [-0.2, 0) is 4.79 Å². The van der Waals surface area contributed by atoms with Crippen molar-refractivity contribution in [2.45, 2.75) is 12.5 Å². The van der Waals surface area contributed by atoms with Gasteiger partial charge in [0, 0.05) is 0 Å². The second kappa shape index (κ2) is 3.05. The van der Waals surface area contributed by atoms with Crippen LogP contribution in [0.3, 0.4) is 0 Å². The molecule has 0 aromatic rings. The highest BCUT2D eigenvalue weighted by Gasteiger charge is 2.72. The lowest BCUT2D eigenvalue weighted by atomic mass is 9.59. The minimum atomic E-state index is -0.637. The highest BCUT2D eigenvalue weighted by Crippen LogP contribution is 2.41. The van der Waals surface area contributed by atoms with Crippen LogP contribution in [0.4, 0.5) is 4.79 Å². The topological polar surface area (TPSA) is 67.1 Å². The van der Waals surface area contributed by atoms with E-state index in [0.29, 0.717) is 0 Å². The molecule has 0 aliphatic carbocycles. The molecular weight excluding hydrogens is 232 g/mol. The first kappa shape index (κ1) is 10.8. The minimum Gasteiger partial charge on any atom is -0.329 e. The van der Waals surface area contributed by atoms with E-state index in [2.05, 4.69) is 17.6 Å². The Bertz CT molecular complexity index is 435. The molecular formula is C12H20N4O2+2. The van der Waals surface area contributed by atoms with Gasteiger partial charge in [-0.1, -0.05) is 0 Å². The van der Waals surface area contributed by atoms with Crippen LogP contribution in [0.2, 0.25) is 0 Å². The van der Waals surface area contributed by atoms with E-state index in [1.54, 1.807) is 9.80 Å². The van der Waals surface area contributed by atoms with Crippen LogP contribution in [0, 0.1) is 11.3 Å². The van der Waals surface area contributed by atoms with Gasteiger partial charge < -0.3 is 15.1 Å². The van der Waals surface area contributed by atoms with Gasteiger partial charge >= 0.3 is 6.03 Å². The van der Waals surface area contributed by atoms with Crippen LogP contribution < -0.4 is 20.4 Å². The van der Waals surface area contributed by atoms with E-state index in [0.717, 1.165) is 26.2 Å². The molecule has 0 radical (unpaired) electrons. The number of amides is 3. The van der Waals surface area contributed by atoms with Crippen molar-refractivity contribution >= 4 is 11.9 Å². The fraction of sp³-hybridized carbons (Fsp3) is 0.833. The second-order valence-electron chi connectivity index (χ2n) is 6.74. The largest absolute Gasteiger partial charge is 0.329 e. The van der Waals surface area contributed by atoms with E-state index < -0.39 is 5.54 Å². The van der Waals surface area contributed by atoms with Crippen LogP contribution in [-0.4, -0.2) is 56.7 Å². The number of piperidine rings is 2. The summed E-state index contributed by atoms with van der Waals surface area (Å²) in [6, 6.07) is -0.303.